The van der Waals surface area contributed by atoms with Crippen LogP contribution in [0.1, 0.15) is 17.6 Å². The summed E-state index contributed by atoms with van der Waals surface area (Å²) in [6.45, 7) is 0. The van der Waals surface area contributed by atoms with Crippen LogP contribution in [-0.4, -0.2) is 19.7 Å². The summed E-state index contributed by atoms with van der Waals surface area (Å²) in [4.78, 5) is 8.05. The van der Waals surface area contributed by atoms with Crippen molar-refractivity contribution in [2.75, 3.05) is 0 Å². The molecule has 2 heterocycles. The van der Waals surface area contributed by atoms with Gasteiger partial charge in [0.2, 0.25) is 0 Å². The van der Waals surface area contributed by atoms with Crippen LogP contribution in [0.4, 0.5) is 4.39 Å². The van der Waals surface area contributed by atoms with E-state index in [9.17, 15) is 4.39 Å². The van der Waals surface area contributed by atoms with Crippen molar-refractivity contribution < 1.29 is 4.39 Å². The van der Waals surface area contributed by atoms with Crippen molar-refractivity contribution in [1.82, 2.24) is 25.2 Å². The van der Waals surface area contributed by atoms with Gasteiger partial charge in [-0.3, -0.25) is 20.9 Å². The maximum absolute atomic E-state index is 13.6. The molecule has 0 bridgehead atoms. The van der Waals surface area contributed by atoms with Crippen LogP contribution in [0.3, 0.4) is 0 Å². The number of nitrogens with two attached hydrogens (primary N) is 1. The van der Waals surface area contributed by atoms with Gasteiger partial charge in [-0.15, -0.1) is 0 Å². The number of hydrogen-bond acceptors (Lipinski definition) is 5. The van der Waals surface area contributed by atoms with Crippen LogP contribution in [0.5, 0.6) is 0 Å². The molecule has 7 heteroatoms. The lowest BCUT2D eigenvalue weighted by Crippen LogP contribution is -2.31. The van der Waals surface area contributed by atoms with E-state index in [1.54, 1.807) is 11.7 Å². The van der Waals surface area contributed by atoms with Gasteiger partial charge in [0.1, 0.15) is 18.0 Å². The van der Waals surface area contributed by atoms with E-state index in [0.29, 0.717) is 12.2 Å². The van der Waals surface area contributed by atoms with Crippen molar-refractivity contribution >= 4 is 0 Å². The fraction of sp³-hybridized carbons (Fsp3) is 0.300. The van der Waals surface area contributed by atoms with Crippen LogP contribution in [0.2, 0.25) is 0 Å². The van der Waals surface area contributed by atoms with Gasteiger partial charge in [-0.2, -0.15) is 5.10 Å². The van der Waals surface area contributed by atoms with Gasteiger partial charge in [0, 0.05) is 19.7 Å². The molecular weight excluding hydrogens is 223 g/mol. The molecule has 0 aromatic carbocycles. The predicted molar refractivity (Wildman–Crippen MR) is 59.0 cm³/mol. The van der Waals surface area contributed by atoms with Gasteiger partial charge in [0.15, 0.2) is 0 Å². The highest BCUT2D eigenvalue weighted by atomic mass is 19.1. The largest absolute Gasteiger partial charge is 0.271 e. The Balaban J connectivity index is 2.23. The van der Waals surface area contributed by atoms with E-state index in [1.165, 1.54) is 24.7 Å². The maximum Gasteiger partial charge on any atom is 0.146 e. The molecule has 0 aliphatic rings. The molecule has 2 aromatic heterocycles. The summed E-state index contributed by atoms with van der Waals surface area (Å²) in [5.74, 6) is 5.74. The smallest absolute Gasteiger partial charge is 0.146 e. The highest BCUT2D eigenvalue weighted by Gasteiger charge is 2.18. The van der Waals surface area contributed by atoms with E-state index in [4.69, 9.17) is 5.84 Å². The minimum absolute atomic E-state index is 0.276. The minimum atomic E-state index is -0.431. The van der Waals surface area contributed by atoms with Crippen molar-refractivity contribution in [2.24, 2.45) is 12.9 Å². The number of halogens is 1. The zero-order valence-electron chi connectivity index (χ0n) is 9.34. The van der Waals surface area contributed by atoms with Crippen LogP contribution >= 0.6 is 0 Å². The van der Waals surface area contributed by atoms with Gasteiger partial charge in [-0.05, 0) is 12.1 Å². The number of aromatic nitrogens is 4. The number of pyridine rings is 1. The first-order valence-corrected chi connectivity index (χ1v) is 5.11. The Kier molecular flexibility index (Phi) is 3.40. The number of rotatable bonds is 4. The van der Waals surface area contributed by atoms with Crippen LogP contribution < -0.4 is 11.3 Å². The third-order valence-corrected chi connectivity index (χ3v) is 2.51. The summed E-state index contributed by atoms with van der Waals surface area (Å²) in [6, 6.07) is 2.46. The van der Waals surface area contributed by atoms with E-state index >= 15 is 0 Å². The van der Waals surface area contributed by atoms with Crippen molar-refractivity contribution in [3.05, 3.63) is 42.0 Å². The van der Waals surface area contributed by atoms with E-state index in [2.05, 4.69) is 20.5 Å². The second-order valence-corrected chi connectivity index (χ2v) is 3.59. The summed E-state index contributed by atoms with van der Waals surface area (Å²) in [6.07, 6.45) is 3.39. The summed E-state index contributed by atoms with van der Waals surface area (Å²) in [5, 5.41) is 3.94. The molecule has 0 saturated carbocycles. The summed E-state index contributed by atoms with van der Waals surface area (Å²) < 4.78 is 15.2. The zero-order valence-corrected chi connectivity index (χ0v) is 9.34. The van der Waals surface area contributed by atoms with Gasteiger partial charge < -0.3 is 0 Å². The molecule has 2 aromatic rings. The summed E-state index contributed by atoms with van der Waals surface area (Å²) in [7, 11) is 1.77. The standard InChI is InChI=1S/C10H13FN6/c1-17-9(14-6-15-17)5-8(16-12)10-7(11)3-2-4-13-10/h2-4,6,8,16H,5,12H2,1H3. The van der Waals surface area contributed by atoms with Gasteiger partial charge in [-0.1, -0.05) is 0 Å². The molecular formula is C10H13FN6. The first-order chi connectivity index (χ1) is 8.22. The first-order valence-electron chi connectivity index (χ1n) is 5.11. The maximum atomic E-state index is 13.6. The van der Waals surface area contributed by atoms with Crippen LogP contribution in [0, 0.1) is 5.82 Å². The van der Waals surface area contributed by atoms with E-state index in [1.807, 2.05) is 0 Å². The van der Waals surface area contributed by atoms with Gasteiger partial charge in [0.05, 0.1) is 11.7 Å². The Hall–Kier alpha value is -1.86. The quantitative estimate of drug-likeness (QED) is 0.581. The highest BCUT2D eigenvalue weighted by Crippen LogP contribution is 2.16. The lowest BCUT2D eigenvalue weighted by molar-refractivity contribution is 0.478. The van der Waals surface area contributed by atoms with E-state index in [0.717, 1.165) is 0 Å². The minimum Gasteiger partial charge on any atom is -0.271 e. The third-order valence-electron chi connectivity index (χ3n) is 2.51. The molecule has 1 unspecified atom stereocenters. The van der Waals surface area contributed by atoms with Crippen LogP contribution in [0.25, 0.3) is 0 Å². The van der Waals surface area contributed by atoms with E-state index < -0.39 is 11.9 Å². The van der Waals surface area contributed by atoms with Crippen molar-refractivity contribution in [2.45, 2.75) is 12.5 Å². The number of nitrogens with one attached hydrogen (secondary N) is 1. The zero-order chi connectivity index (χ0) is 12.3. The fourth-order valence-electron chi connectivity index (χ4n) is 1.58. The SMILES string of the molecule is Cn1ncnc1CC(NN)c1ncccc1F. The molecule has 0 spiro atoms. The van der Waals surface area contributed by atoms with Crippen molar-refractivity contribution in [1.29, 1.82) is 0 Å². The van der Waals surface area contributed by atoms with E-state index in [-0.39, 0.29) is 5.69 Å². The lowest BCUT2D eigenvalue weighted by Gasteiger charge is -2.15. The second kappa shape index (κ2) is 4.98. The average Bonchev–Trinajstić information content (AvgIpc) is 2.73. The molecule has 17 heavy (non-hydrogen) atoms. The molecule has 0 radical (unpaired) electrons. The normalized spacial score (nSPS) is 12.6. The lowest BCUT2D eigenvalue weighted by atomic mass is 10.1. The molecule has 0 saturated heterocycles. The summed E-state index contributed by atoms with van der Waals surface area (Å²) in [5.41, 5.74) is 2.82. The average molecular weight is 236 g/mol. The molecule has 6 nitrogen and oxygen atoms in total. The first kappa shape index (κ1) is 11.6. The number of aryl methyl sites for hydroxylation is 1. The van der Waals surface area contributed by atoms with Gasteiger partial charge >= 0.3 is 0 Å². The Labute approximate surface area is 97.7 Å². The second-order valence-electron chi connectivity index (χ2n) is 3.59. The van der Waals surface area contributed by atoms with Gasteiger partial charge in [0.25, 0.3) is 0 Å². The molecule has 2 rings (SSSR count). The van der Waals surface area contributed by atoms with Crippen LogP contribution in [0.15, 0.2) is 24.7 Å². The number of hydrazine groups is 1. The Bertz CT molecular complexity index is 497. The molecule has 0 amide bonds. The molecule has 0 fully saturated rings. The third kappa shape index (κ3) is 2.45. The number of nitrogens with zero attached hydrogens (tertiary/aromatic N) is 4. The topological polar surface area (TPSA) is 81.7 Å². The number of hydrogen-bond donors (Lipinski definition) is 2. The Morgan fingerprint density at radius 3 is 2.94 bits per heavy atom. The monoisotopic (exact) mass is 236 g/mol. The molecule has 1 atom stereocenters. The predicted octanol–water partition coefficient (Wildman–Crippen LogP) is 0.0963. The van der Waals surface area contributed by atoms with Crippen molar-refractivity contribution in [3.63, 3.8) is 0 Å². The van der Waals surface area contributed by atoms with Gasteiger partial charge in [-0.25, -0.2) is 9.37 Å². The summed E-state index contributed by atoms with van der Waals surface area (Å²) >= 11 is 0. The molecule has 0 aliphatic heterocycles. The Morgan fingerprint density at radius 2 is 2.35 bits per heavy atom. The molecule has 3 N–H and O–H groups in total. The molecule has 0 aliphatic carbocycles. The Morgan fingerprint density at radius 1 is 1.53 bits per heavy atom. The molecule has 90 valence electrons. The van der Waals surface area contributed by atoms with Crippen LogP contribution in [-0.2, 0) is 13.5 Å². The van der Waals surface area contributed by atoms with Crippen molar-refractivity contribution in [3.8, 4) is 0 Å². The highest BCUT2D eigenvalue weighted by molar-refractivity contribution is 5.13. The fourth-order valence-corrected chi connectivity index (χ4v) is 1.58.